The molecule has 0 bridgehead atoms. The Morgan fingerprint density at radius 3 is 2.76 bits per heavy atom. The van der Waals surface area contributed by atoms with Crippen molar-refractivity contribution in [1.82, 2.24) is 24.8 Å². The van der Waals surface area contributed by atoms with Gasteiger partial charge in [-0.05, 0) is 37.5 Å². The van der Waals surface area contributed by atoms with Gasteiger partial charge >= 0.3 is 6.18 Å². The zero-order valence-electron chi connectivity index (χ0n) is 18.2. The lowest BCUT2D eigenvalue weighted by atomic mass is 9.92. The van der Waals surface area contributed by atoms with Crippen molar-refractivity contribution < 1.29 is 17.6 Å². The third-order valence-electron chi connectivity index (χ3n) is 6.45. The lowest BCUT2D eigenvalue weighted by Gasteiger charge is -2.41. The number of nitrogens with one attached hydrogen (secondary N) is 2. The first kappa shape index (κ1) is 22.5. The van der Waals surface area contributed by atoms with E-state index in [4.69, 9.17) is 0 Å². The van der Waals surface area contributed by atoms with E-state index in [-0.39, 0.29) is 18.8 Å². The van der Waals surface area contributed by atoms with E-state index in [0.29, 0.717) is 18.5 Å². The number of fused-ring (bicyclic) bond motifs is 3. The molecule has 2 unspecified atom stereocenters. The fraction of sp³-hybridized carbons (Fsp3) is 0.545. The second kappa shape index (κ2) is 8.84. The number of aromatic nitrogens is 3. The molecule has 2 N–H and O–H groups in total. The minimum Gasteiger partial charge on any atom is -0.378 e. The summed E-state index contributed by atoms with van der Waals surface area (Å²) in [5, 5.41) is 3.40. The number of anilines is 1. The maximum atomic E-state index is 13.5. The van der Waals surface area contributed by atoms with Crippen LogP contribution in [-0.2, 0) is 6.42 Å². The summed E-state index contributed by atoms with van der Waals surface area (Å²) >= 11 is 1.51. The van der Waals surface area contributed by atoms with Crippen LogP contribution in [0.15, 0.2) is 23.8 Å². The Kier molecular flexibility index (Phi) is 6.04. The number of rotatable bonds is 7. The third kappa shape index (κ3) is 4.58. The van der Waals surface area contributed by atoms with Crippen molar-refractivity contribution in [2.45, 2.75) is 44.1 Å². The summed E-state index contributed by atoms with van der Waals surface area (Å²) in [7, 11) is 0. The number of aromatic amines is 1. The second-order valence-corrected chi connectivity index (χ2v) is 9.76. The van der Waals surface area contributed by atoms with E-state index in [1.807, 2.05) is 13.0 Å². The summed E-state index contributed by atoms with van der Waals surface area (Å²) in [5.74, 6) is 0. The SMILES string of the molecule is CC1Cc2c([nH]c3ncsc23)C(c2ccc(NC3CN(CCCF)C3)cn2)N1CC(F)(F)F. The van der Waals surface area contributed by atoms with Crippen molar-refractivity contribution in [3.63, 3.8) is 0 Å². The lowest BCUT2D eigenvalue weighted by Crippen LogP contribution is -2.54. The Hall–Kier alpha value is -2.24. The van der Waals surface area contributed by atoms with Gasteiger partial charge in [-0.15, -0.1) is 11.3 Å². The van der Waals surface area contributed by atoms with E-state index in [0.717, 1.165) is 46.9 Å². The topological polar surface area (TPSA) is 60.1 Å². The lowest BCUT2D eigenvalue weighted by molar-refractivity contribution is -0.155. The zero-order chi connectivity index (χ0) is 23.2. The number of nitrogens with zero attached hydrogens (tertiary/aromatic N) is 4. The van der Waals surface area contributed by atoms with Gasteiger partial charge in [0.15, 0.2) is 0 Å². The van der Waals surface area contributed by atoms with Crippen LogP contribution in [0.25, 0.3) is 10.3 Å². The average molecular weight is 483 g/mol. The molecule has 0 aromatic carbocycles. The molecular formula is C22H26F4N6S. The third-order valence-corrected chi connectivity index (χ3v) is 7.34. The molecule has 3 aromatic rings. The van der Waals surface area contributed by atoms with Crippen LogP contribution in [0.3, 0.4) is 0 Å². The molecule has 2 aliphatic rings. The highest BCUT2D eigenvalue weighted by Gasteiger charge is 2.42. The van der Waals surface area contributed by atoms with Crippen molar-refractivity contribution in [3.05, 3.63) is 40.8 Å². The highest BCUT2D eigenvalue weighted by atomic mass is 32.1. The molecule has 5 heterocycles. The number of H-pyrrole nitrogens is 1. The maximum Gasteiger partial charge on any atom is 0.401 e. The first-order valence-electron chi connectivity index (χ1n) is 11.1. The highest BCUT2D eigenvalue weighted by Crippen LogP contribution is 2.42. The summed E-state index contributed by atoms with van der Waals surface area (Å²) in [6, 6.07) is 3.03. The van der Waals surface area contributed by atoms with Crippen LogP contribution in [0.1, 0.15) is 36.3 Å². The van der Waals surface area contributed by atoms with Crippen molar-refractivity contribution >= 4 is 27.4 Å². The maximum absolute atomic E-state index is 13.5. The van der Waals surface area contributed by atoms with E-state index >= 15 is 0 Å². The Balaban J connectivity index is 1.38. The van der Waals surface area contributed by atoms with Gasteiger partial charge < -0.3 is 10.3 Å². The van der Waals surface area contributed by atoms with Crippen LogP contribution in [0, 0.1) is 0 Å². The normalized spacial score (nSPS) is 22.5. The quantitative estimate of drug-likeness (QED) is 0.490. The van der Waals surface area contributed by atoms with E-state index in [9.17, 15) is 17.6 Å². The van der Waals surface area contributed by atoms with Crippen LogP contribution in [0.4, 0.5) is 23.2 Å². The summed E-state index contributed by atoms with van der Waals surface area (Å²) in [6.45, 7) is 2.97. The molecule has 2 atom stereocenters. The molecule has 0 aliphatic carbocycles. The van der Waals surface area contributed by atoms with Gasteiger partial charge in [-0.25, -0.2) is 4.98 Å². The molecule has 1 saturated heterocycles. The van der Waals surface area contributed by atoms with Gasteiger partial charge in [-0.2, -0.15) is 13.2 Å². The van der Waals surface area contributed by atoms with E-state index in [1.165, 1.54) is 16.2 Å². The molecule has 11 heteroatoms. The van der Waals surface area contributed by atoms with Gasteiger partial charge in [0.2, 0.25) is 0 Å². The van der Waals surface area contributed by atoms with Crippen molar-refractivity contribution in [1.29, 1.82) is 0 Å². The molecule has 6 nitrogen and oxygen atoms in total. The average Bonchev–Trinajstić information content (AvgIpc) is 3.32. The number of thiazole rings is 1. The van der Waals surface area contributed by atoms with Gasteiger partial charge in [0, 0.05) is 31.4 Å². The molecule has 33 heavy (non-hydrogen) atoms. The first-order chi connectivity index (χ1) is 15.8. The number of halogens is 4. The van der Waals surface area contributed by atoms with Crippen molar-refractivity contribution in [2.24, 2.45) is 0 Å². The second-order valence-electron chi connectivity index (χ2n) is 8.91. The first-order valence-corrected chi connectivity index (χ1v) is 12.0. The molecule has 0 spiro atoms. The monoisotopic (exact) mass is 482 g/mol. The van der Waals surface area contributed by atoms with Crippen LogP contribution >= 0.6 is 11.3 Å². The fourth-order valence-electron chi connectivity index (χ4n) is 4.93. The minimum atomic E-state index is -4.31. The Bertz CT molecular complexity index is 1090. The number of hydrogen-bond donors (Lipinski definition) is 2. The van der Waals surface area contributed by atoms with Gasteiger partial charge in [-0.3, -0.25) is 19.2 Å². The van der Waals surface area contributed by atoms with Gasteiger partial charge in [0.1, 0.15) is 5.65 Å². The number of hydrogen-bond acceptors (Lipinski definition) is 6. The Labute approximate surface area is 193 Å². The summed E-state index contributed by atoms with van der Waals surface area (Å²) in [5.41, 5.74) is 5.66. The smallest absolute Gasteiger partial charge is 0.378 e. The van der Waals surface area contributed by atoms with Crippen molar-refractivity contribution in [2.75, 3.05) is 38.2 Å². The highest BCUT2D eigenvalue weighted by molar-refractivity contribution is 7.16. The molecule has 2 aliphatic heterocycles. The van der Waals surface area contributed by atoms with Gasteiger partial charge in [0.25, 0.3) is 0 Å². The Morgan fingerprint density at radius 2 is 2.06 bits per heavy atom. The molecule has 1 fully saturated rings. The summed E-state index contributed by atoms with van der Waals surface area (Å²) in [6.07, 6.45) is -1.55. The largest absolute Gasteiger partial charge is 0.401 e. The summed E-state index contributed by atoms with van der Waals surface area (Å²) < 4.78 is 53.7. The molecule has 0 radical (unpaired) electrons. The molecule has 3 aromatic heterocycles. The van der Waals surface area contributed by atoms with Crippen LogP contribution in [-0.4, -0.2) is 75.9 Å². The predicted molar refractivity (Wildman–Crippen MR) is 120 cm³/mol. The Morgan fingerprint density at radius 1 is 1.24 bits per heavy atom. The van der Waals surface area contributed by atoms with Crippen LogP contribution in [0.5, 0.6) is 0 Å². The minimum absolute atomic E-state index is 0.265. The standard InChI is InChI=1S/C22H26F4N6S/c1-13-7-16-18(30-21-20(16)33-12-28-21)19(32(13)11-22(24,25)26)17-4-3-14(8-27-17)29-15-9-31(10-15)6-2-5-23/h3-4,8,12-13,15,19,29-30H,2,5-7,9-11H2,1H3. The molecule has 178 valence electrons. The fourth-order valence-corrected chi connectivity index (χ4v) is 5.75. The number of pyridine rings is 1. The molecular weight excluding hydrogens is 456 g/mol. The molecule has 5 rings (SSSR count). The van der Waals surface area contributed by atoms with Crippen LogP contribution in [0.2, 0.25) is 0 Å². The number of likely N-dealkylation sites (tertiary alicyclic amines) is 1. The predicted octanol–water partition coefficient (Wildman–Crippen LogP) is 4.37. The van der Waals surface area contributed by atoms with E-state index in [2.05, 4.69) is 25.2 Å². The van der Waals surface area contributed by atoms with Gasteiger partial charge in [-0.1, -0.05) is 0 Å². The molecule has 0 saturated carbocycles. The summed E-state index contributed by atoms with van der Waals surface area (Å²) in [4.78, 5) is 15.8. The van der Waals surface area contributed by atoms with Crippen molar-refractivity contribution in [3.8, 4) is 0 Å². The number of alkyl halides is 4. The van der Waals surface area contributed by atoms with E-state index in [1.54, 1.807) is 17.8 Å². The van der Waals surface area contributed by atoms with Gasteiger partial charge in [0.05, 0.1) is 53.1 Å². The van der Waals surface area contributed by atoms with E-state index < -0.39 is 18.8 Å². The van der Waals surface area contributed by atoms with Crippen LogP contribution < -0.4 is 5.32 Å². The molecule has 0 amide bonds. The zero-order valence-corrected chi connectivity index (χ0v) is 19.0.